The molecule has 0 aliphatic carbocycles. The molecule has 2 amide bonds. The Morgan fingerprint density at radius 2 is 1.87 bits per heavy atom. The molecule has 2 aromatic rings. The summed E-state index contributed by atoms with van der Waals surface area (Å²) >= 11 is 0. The zero-order chi connectivity index (χ0) is 21.7. The number of pyridine rings is 1. The van der Waals surface area contributed by atoms with Crippen molar-refractivity contribution in [1.29, 1.82) is 0 Å². The van der Waals surface area contributed by atoms with E-state index in [-0.39, 0.29) is 12.5 Å². The lowest BCUT2D eigenvalue weighted by molar-refractivity contribution is -0.137. The van der Waals surface area contributed by atoms with E-state index in [0.29, 0.717) is 43.2 Å². The van der Waals surface area contributed by atoms with Gasteiger partial charge in [0.05, 0.1) is 12.2 Å². The molecule has 0 saturated carbocycles. The summed E-state index contributed by atoms with van der Waals surface area (Å²) < 4.78 is 42.8. The summed E-state index contributed by atoms with van der Waals surface area (Å²) in [5.41, 5.74) is 0.0775. The third-order valence-corrected chi connectivity index (χ3v) is 4.60. The number of nitrogens with zero attached hydrogens (tertiary/aromatic N) is 3. The Morgan fingerprint density at radius 1 is 1.13 bits per heavy atom. The maximum Gasteiger partial charge on any atom is 0.417 e. The lowest BCUT2D eigenvalue weighted by Gasteiger charge is -2.35. The molecule has 10 heteroatoms. The van der Waals surface area contributed by atoms with Crippen LogP contribution in [0.1, 0.15) is 22.8 Å². The number of ether oxygens (including phenoxy) is 1. The highest BCUT2D eigenvalue weighted by molar-refractivity contribution is 5.96. The largest absolute Gasteiger partial charge is 0.450 e. The van der Waals surface area contributed by atoms with Gasteiger partial charge >= 0.3 is 12.3 Å². The molecule has 0 bridgehead atoms. The number of benzene rings is 1. The fourth-order valence-corrected chi connectivity index (χ4v) is 3.08. The van der Waals surface area contributed by atoms with Crippen molar-refractivity contribution in [2.24, 2.45) is 0 Å². The summed E-state index contributed by atoms with van der Waals surface area (Å²) in [6.07, 6.45) is -4.21. The molecule has 1 N–H and O–H groups in total. The lowest BCUT2D eigenvalue weighted by atomic mass is 10.1. The number of carbonyl (C=O) groups excluding carboxylic acids is 2. The Hall–Kier alpha value is -3.30. The van der Waals surface area contributed by atoms with Gasteiger partial charge in [-0.2, -0.15) is 13.2 Å². The van der Waals surface area contributed by atoms with Gasteiger partial charge in [0.15, 0.2) is 0 Å². The molecular formula is C20H21F3N4O3. The van der Waals surface area contributed by atoms with Gasteiger partial charge in [0, 0.05) is 43.6 Å². The van der Waals surface area contributed by atoms with Gasteiger partial charge < -0.3 is 14.5 Å². The number of alkyl halides is 3. The molecule has 160 valence electrons. The molecule has 1 aromatic heterocycles. The molecule has 1 fully saturated rings. The first-order valence-corrected chi connectivity index (χ1v) is 9.39. The molecular weight excluding hydrogens is 401 g/mol. The van der Waals surface area contributed by atoms with Crippen molar-refractivity contribution < 1.29 is 27.5 Å². The second-order valence-corrected chi connectivity index (χ2v) is 6.61. The van der Waals surface area contributed by atoms with E-state index in [1.165, 1.54) is 6.07 Å². The Balaban J connectivity index is 1.59. The van der Waals surface area contributed by atoms with E-state index in [4.69, 9.17) is 4.74 Å². The fraction of sp³-hybridized carbons (Fsp3) is 0.350. The van der Waals surface area contributed by atoms with Gasteiger partial charge in [0.2, 0.25) is 0 Å². The predicted octanol–water partition coefficient (Wildman–Crippen LogP) is 3.63. The number of rotatable bonds is 4. The number of carbonyl (C=O) groups is 2. The van der Waals surface area contributed by atoms with Crippen molar-refractivity contribution in [2.45, 2.75) is 13.1 Å². The van der Waals surface area contributed by atoms with Crippen LogP contribution in [0, 0.1) is 0 Å². The first-order chi connectivity index (χ1) is 14.3. The van der Waals surface area contributed by atoms with Crippen LogP contribution in [-0.2, 0) is 10.9 Å². The van der Waals surface area contributed by atoms with Gasteiger partial charge in [-0.3, -0.25) is 10.1 Å². The van der Waals surface area contributed by atoms with E-state index >= 15 is 0 Å². The van der Waals surface area contributed by atoms with E-state index in [9.17, 15) is 22.8 Å². The van der Waals surface area contributed by atoms with Gasteiger partial charge in [-0.1, -0.05) is 6.07 Å². The van der Waals surface area contributed by atoms with Crippen molar-refractivity contribution in [3.8, 4) is 0 Å². The highest BCUT2D eigenvalue weighted by Crippen LogP contribution is 2.29. The number of anilines is 2. The van der Waals surface area contributed by atoms with Gasteiger partial charge in [-0.05, 0) is 37.3 Å². The SMILES string of the molecule is CCOC(=O)Nc1cccc(C(=O)N2CCN(c3ccc(C(F)(F)F)cn3)CC2)c1. The summed E-state index contributed by atoms with van der Waals surface area (Å²) in [6.45, 7) is 3.63. The Labute approximate surface area is 171 Å². The maximum atomic E-state index is 12.8. The first kappa shape index (κ1) is 21.4. The van der Waals surface area contributed by atoms with E-state index < -0.39 is 17.8 Å². The van der Waals surface area contributed by atoms with Crippen LogP contribution in [0.5, 0.6) is 0 Å². The van der Waals surface area contributed by atoms with Crippen molar-refractivity contribution >= 4 is 23.5 Å². The molecule has 1 aliphatic rings. The molecule has 0 spiro atoms. The highest BCUT2D eigenvalue weighted by atomic mass is 19.4. The van der Waals surface area contributed by atoms with Crippen molar-refractivity contribution in [1.82, 2.24) is 9.88 Å². The summed E-state index contributed by atoms with van der Waals surface area (Å²) in [5.74, 6) is 0.248. The van der Waals surface area contributed by atoms with Crippen LogP contribution >= 0.6 is 0 Å². The number of aromatic nitrogens is 1. The average molecular weight is 422 g/mol. The van der Waals surface area contributed by atoms with Crippen LogP contribution in [0.4, 0.5) is 29.5 Å². The predicted molar refractivity (Wildman–Crippen MR) is 104 cm³/mol. The number of nitrogens with one attached hydrogen (secondary N) is 1. The molecule has 2 heterocycles. The summed E-state index contributed by atoms with van der Waals surface area (Å²) in [5, 5.41) is 2.56. The van der Waals surface area contributed by atoms with Gasteiger partial charge in [0.1, 0.15) is 5.82 Å². The van der Waals surface area contributed by atoms with Gasteiger partial charge in [-0.25, -0.2) is 9.78 Å². The summed E-state index contributed by atoms with van der Waals surface area (Å²) in [7, 11) is 0. The Bertz CT molecular complexity index is 895. The van der Waals surface area contributed by atoms with E-state index in [2.05, 4.69) is 10.3 Å². The quantitative estimate of drug-likeness (QED) is 0.815. The summed E-state index contributed by atoms with van der Waals surface area (Å²) in [6, 6.07) is 8.89. The van der Waals surface area contributed by atoms with E-state index in [1.54, 1.807) is 36.1 Å². The number of hydrogen-bond donors (Lipinski definition) is 1. The molecule has 0 atom stereocenters. The van der Waals surface area contributed by atoms with Crippen molar-refractivity contribution in [3.05, 3.63) is 53.7 Å². The van der Waals surface area contributed by atoms with Crippen LogP contribution in [0.3, 0.4) is 0 Å². The Kier molecular flexibility index (Phi) is 6.43. The van der Waals surface area contributed by atoms with Crippen LogP contribution < -0.4 is 10.2 Å². The highest BCUT2D eigenvalue weighted by Gasteiger charge is 2.31. The third-order valence-electron chi connectivity index (χ3n) is 4.60. The summed E-state index contributed by atoms with van der Waals surface area (Å²) in [4.78, 5) is 31.7. The molecule has 1 aliphatic heterocycles. The minimum atomic E-state index is -4.42. The van der Waals surface area contributed by atoms with Crippen molar-refractivity contribution in [3.63, 3.8) is 0 Å². The lowest BCUT2D eigenvalue weighted by Crippen LogP contribution is -2.49. The van der Waals surface area contributed by atoms with Crippen LogP contribution in [0.15, 0.2) is 42.6 Å². The molecule has 1 saturated heterocycles. The van der Waals surface area contributed by atoms with Gasteiger partial charge in [0.25, 0.3) is 5.91 Å². The standard InChI is InChI=1S/C20H21F3N4O3/c1-2-30-19(29)25-16-5-3-4-14(12-16)18(28)27-10-8-26(9-11-27)17-7-6-15(13-24-17)20(21,22)23/h3-7,12-13H,2,8-11H2,1H3,(H,25,29). The molecule has 1 aromatic carbocycles. The molecule has 0 unspecified atom stereocenters. The average Bonchev–Trinajstić information content (AvgIpc) is 2.73. The van der Waals surface area contributed by atoms with E-state index in [1.807, 2.05) is 4.90 Å². The number of hydrogen-bond acceptors (Lipinski definition) is 5. The number of piperazine rings is 1. The minimum Gasteiger partial charge on any atom is -0.450 e. The second-order valence-electron chi connectivity index (χ2n) is 6.61. The zero-order valence-electron chi connectivity index (χ0n) is 16.3. The molecule has 3 rings (SSSR count). The molecule has 0 radical (unpaired) electrons. The smallest absolute Gasteiger partial charge is 0.417 e. The molecule has 30 heavy (non-hydrogen) atoms. The molecule has 7 nitrogen and oxygen atoms in total. The maximum absolute atomic E-state index is 12.8. The van der Waals surface area contributed by atoms with Crippen LogP contribution in [-0.4, -0.2) is 54.7 Å². The third kappa shape index (κ3) is 5.19. The number of halogens is 3. The fourth-order valence-electron chi connectivity index (χ4n) is 3.08. The van der Waals surface area contributed by atoms with Crippen LogP contribution in [0.25, 0.3) is 0 Å². The number of amides is 2. The van der Waals surface area contributed by atoms with Gasteiger partial charge in [-0.15, -0.1) is 0 Å². The van der Waals surface area contributed by atoms with Crippen LogP contribution in [0.2, 0.25) is 0 Å². The minimum absolute atomic E-state index is 0.192. The monoisotopic (exact) mass is 422 g/mol. The Morgan fingerprint density at radius 3 is 2.47 bits per heavy atom. The normalized spacial score (nSPS) is 14.4. The first-order valence-electron chi connectivity index (χ1n) is 9.39. The topological polar surface area (TPSA) is 74.8 Å². The van der Waals surface area contributed by atoms with Crippen molar-refractivity contribution in [2.75, 3.05) is 43.0 Å². The second kappa shape index (κ2) is 9.02. The van der Waals surface area contributed by atoms with E-state index in [0.717, 1.165) is 12.3 Å². The zero-order valence-corrected chi connectivity index (χ0v) is 16.3.